The molecule has 0 unspecified atom stereocenters. The molecular weight excluding hydrogens is 388 g/mol. The number of hydrogen-bond acceptors (Lipinski definition) is 2. The number of aromatic nitrogens is 1. The summed E-state index contributed by atoms with van der Waals surface area (Å²) < 4.78 is 1.94. The summed E-state index contributed by atoms with van der Waals surface area (Å²) in [7, 11) is 0. The van der Waals surface area contributed by atoms with Crippen LogP contribution in [0.2, 0.25) is 5.02 Å². The first-order valence-electron chi connectivity index (χ1n) is 8.81. The van der Waals surface area contributed by atoms with E-state index in [4.69, 9.17) is 11.6 Å². The van der Waals surface area contributed by atoms with E-state index in [-0.39, 0.29) is 5.91 Å². The third kappa shape index (κ3) is 3.57. The van der Waals surface area contributed by atoms with E-state index in [1.165, 1.54) is 11.3 Å². The molecular formula is C23H17ClN2OS. The fraction of sp³-hybridized carbons (Fsp3) is 0.0435. The van der Waals surface area contributed by atoms with Gasteiger partial charge in [-0.15, -0.1) is 11.3 Å². The lowest BCUT2D eigenvalue weighted by Crippen LogP contribution is -2.17. The molecule has 0 saturated heterocycles. The Kier molecular flexibility index (Phi) is 5.24. The number of thiazole rings is 1. The summed E-state index contributed by atoms with van der Waals surface area (Å²) in [5, 5.41) is 2.60. The predicted octanol–water partition coefficient (Wildman–Crippen LogP) is 5.91. The monoisotopic (exact) mass is 404 g/mol. The zero-order chi connectivity index (χ0) is 19.5. The van der Waals surface area contributed by atoms with Crippen molar-refractivity contribution in [1.29, 1.82) is 0 Å². The van der Waals surface area contributed by atoms with Crippen molar-refractivity contribution in [2.45, 2.75) is 6.92 Å². The molecule has 1 aromatic heterocycles. The molecule has 1 heterocycles. The standard InChI is InChI=1S/C23H17ClN2OS/c1-16-9-5-6-12-18(16)22(27)25-23-26(20-14-8-7-13-19(20)24)21(15-28-23)17-10-3-2-4-11-17/h2-15H,1H3. The average Bonchev–Trinajstić information content (AvgIpc) is 3.12. The second kappa shape index (κ2) is 7.97. The van der Waals surface area contributed by atoms with Crippen molar-refractivity contribution in [3.63, 3.8) is 0 Å². The normalized spacial score (nSPS) is 11.6. The van der Waals surface area contributed by atoms with Crippen molar-refractivity contribution in [3.05, 3.63) is 105 Å². The summed E-state index contributed by atoms with van der Waals surface area (Å²) >= 11 is 7.90. The van der Waals surface area contributed by atoms with Gasteiger partial charge in [0.05, 0.1) is 16.4 Å². The van der Waals surface area contributed by atoms with Crippen LogP contribution in [0.15, 0.2) is 89.2 Å². The molecule has 138 valence electrons. The fourth-order valence-electron chi connectivity index (χ4n) is 3.03. The Labute approximate surface area is 172 Å². The zero-order valence-electron chi connectivity index (χ0n) is 15.2. The van der Waals surface area contributed by atoms with Gasteiger partial charge in [0.2, 0.25) is 0 Å². The van der Waals surface area contributed by atoms with E-state index in [0.29, 0.717) is 15.4 Å². The molecule has 0 fully saturated rings. The molecule has 0 spiro atoms. The number of para-hydroxylation sites is 1. The Morgan fingerprint density at radius 3 is 2.36 bits per heavy atom. The van der Waals surface area contributed by atoms with Crippen LogP contribution in [0, 0.1) is 6.92 Å². The first-order valence-corrected chi connectivity index (χ1v) is 10.1. The van der Waals surface area contributed by atoms with Gasteiger partial charge in [-0.3, -0.25) is 9.36 Å². The summed E-state index contributed by atoms with van der Waals surface area (Å²) in [6.07, 6.45) is 0. The minimum absolute atomic E-state index is 0.264. The molecule has 0 N–H and O–H groups in total. The summed E-state index contributed by atoms with van der Waals surface area (Å²) in [5.74, 6) is -0.264. The smallest absolute Gasteiger partial charge is 0.279 e. The van der Waals surface area contributed by atoms with Crippen molar-refractivity contribution in [1.82, 2.24) is 4.57 Å². The maximum atomic E-state index is 12.8. The number of rotatable bonds is 3. The van der Waals surface area contributed by atoms with Gasteiger partial charge in [0, 0.05) is 10.9 Å². The van der Waals surface area contributed by atoms with Crippen LogP contribution in [0.25, 0.3) is 16.9 Å². The van der Waals surface area contributed by atoms with Gasteiger partial charge in [0.1, 0.15) is 0 Å². The van der Waals surface area contributed by atoms with Crippen molar-refractivity contribution >= 4 is 28.8 Å². The van der Waals surface area contributed by atoms with E-state index in [2.05, 4.69) is 4.99 Å². The maximum absolute atomic E-state index is 12.8. The topological polar surface area (TPSA) is 34.4 Å². The number of halogens is 1. The fourth-order valence-corrected chi connectivity index (χ4v) is 4.14. The van der Waals surface area contributed by atoms with Crippen LogP contribution in [0.1, 0.15) is 15.9 Å². The lowest BCUT2D eigenvalue weighted by atomic mass is 10.1. The molecule has 3 nitrogen and oxygen atoms in total. The predicted molar refractivity (Wildman–Crippen MR) is 115 cm³/mol. The molecule has 0 bridgehead atoms. The quantitative estimate of drug-likeness (QED) is 0.418. The van der Waals surface area contributed by atoms with Crippen LogP contribution >= 0.6 is 22.9 Å². The van der Waals surface area contributed by atoms with E-state index < -0.39 is 0 Å². The zero-order valence-corrected chi connectivity index (χ0v) is 16.7. The van der Waals surface area contributed by atoms with Crippen LogP contribution in [0.5, 0.6) is 0 Å². The van der Waals surface area contributed by atoms with E-state index >= 15 is 0 Å². The van der Waals surface area contributed by atoms with E-state index in [9.17, 15) is 4.79 Å². The SMILES string of the molecule is Cc1ccccc1C(=O)N=c1scc(-c2ccccc2)n1-c1ccccc1Cl. The molecule has 1 amide bonds. The van der Waals surface area contributed by atoms with Crippen LogP contribution in [0.4, 0.5) is 0 Å². The molecule has 0 radical (unpaired) electrons. The van der Waals surface area contributed by atoms with Crippen molar-refractivity contribution in [2.75, 3.05) is 0 Å². The van der Waals surface area contributed by atoms with Crippen LogP contribution in [-0.2, 0) is 0 Å². The Hall–Kier alpha value is -2.95. The Morgan fingerprint density at radius 1 is 0.929 bits per heavy atom. The van der Waals surface area contributed by atoms with Gasteiger partial charge in [0.15, 0.2) is 4.80 Å². The number of carbonyl (C=O) groups is 1. The van der Waals surface area contributed by atoms with E-state index in [0.717, 1.165) is 22.5 Å². The largest absolute Gasteiger partial charge is 0.283 e. The first kappa shape index (κ1) is 18.4. The maximum Gasteiger partial charge on any atom is 0.279 e. The molecule has 0 aliphatic heterocycles. The van der Waals surface area contributed by atoms with Gasteiger partial charge in [-0.05, 0) is 36.2 Å². The number of carbonyl (C=O) groups excluding carboxylic acids is 1. The highest BCUT2D eigenvalue weighted by atomic mass is 35.5. The molecule has 0 aliphatic rings. The van der Waals surface area contributed by atoms with Crippen molar-refractivity contribution in [3.8, 4) is 16.9 Å². The molecule has 4 rings (SSSR count). The summed E-state index contributed by atoms with van der Waals surface area (Å²) in [4.78, 5) is 17.9. The van der Waals surface area contributed by atoms with Crippen molar-refractivity contribution < 1.29 is 4.79 Å². The molecule has 3 aromatic carbocycles. The molecule has 0 atom stereocenters. The first-order chi connectivity index (χ1) is 13.6. The Bertz CT molecular complexity index is 1210. The Morgan fingerprint density at radius 2 is 1.61 bits per heavy atom. The van der Waals surface area contributed by atoms with E-state index in [1.807, 2.05) is 89.7 Å². The number of hydrogen-bond donors (Lipinski definition) is 0. The van der Waals surface area contributed by atoms with Gasteiger partial charge >= 0.3 is 0 Å². The molecule has 28 heavy (non-hydrogen) atoms. The number of benzene rings is 3. The number of amides is 1. The average molecular weight is 405 g/mol. The summed E-state index contributed by atoms with van der Waals surface area (Å²) in [6.45, 7) is 1.91. The van der Waals surface area contributed by atoms with Gasteiger partial charge < -0.3 is 0 Å². The highest BCUT2D eigenvalue weighted by molar-refractivity contribution is 7.07. The summed E-state index contributed by atoms with van der Waals surface area (Å²) in [6, 6.07) is 25.1. The Balaban J connectivity index is 1.94. The van der Waals surface area contributed by atoms with Gasteiger partial charge in [-0.2, -0.15) is 4.99 Å². The van der Waals surface area contributed by atoms with Gasteiger partial charge in [-0.1, -0.05) is 72.3 Å². The molecule has 4 aromatic rings. The van der Waals surface area contributed by atoms with Gasteiger partial charge in [0.25, 0.3) is 5.91 Å². The lowest BCUT2D eigenvalue weighted by Gasteiger charge is -2.11. The highest BCUT2D eigenvalue weighted by Crippen LogP contribution is 2.27. The lowest BCUT2D eigenvalue weighted by molar-refractivity contribution is 0.0997. The second-order valence-electron chi connectivity index (χ2n) is 6.29. The molecule has 5 heteroatoms. The van der Waals surface area contributed by atoms with Crippen LogP contribution in [-0.4, -0.2) is 10.5 Å². The third-order valence-electron chi connectivity index (χ3n) is 4.44. The third-order valence-corrected chi connectivity index (χ3v) is 5.59. The summed E-state index contributed by atoms with van der Waals surface area (Å²) in [5.41, 5.74) is 4.27. The molecule has 0 saturated carbocycles. The minimum Gasteiger partial charge on any atom is -0.283 e. The molecule has 0 aliphatic carbocycles. The minimum atomic E-state index is -0.264. The number of aryl methyl sites for hydroxylation is 1. The van der Waals surface area contributed by atoms with E-state index in [1.54, 1.807) is 6.07 Å². The highest BCUT2D eigenvalue weighted by Gasteiger charge is 2.14. The second-order valence-corrected chi connectivity index (χ2v) is 7.53. The van der Waals surface area contributed by atoms with Crippen molar-refractivity contribution in [2.24, 2.45) is 4.99 Å². The van der Waals surface area contributed by atoms with Crippen LogP contribution in [0.3, 0.4) is 0 Å². The number of nitrogens with zero attached hydrogens (tertiary/aromatic N) is 2. The van der Waals surface area contributed by atoms with Crippen LogP contribution < -0.4 is 4.80 Å². The van der Waals surface area contributed by atoms with Gasteiger partial charge in [-0.25, -0.2) is 0 Å².